The van der Waals surface area contributed by atoms with Crippen molar-refractivity contribution >= 4 is 33.4 Å². The van der Waals surface area contributed by atoms with Gasteiger partial charge in [-0.1, -0.05) is 36.4 Å². The molecule has 28 heavy (non-hydrogen) atoms. The molecule has 3 rings (SSSR count). The number of carbonyl (C=O) groups excluding carboxylic acids is 2. The molecule has 0 aliphatic rings. The van der Waals surface area contributed by atoms with Gasteiger partial charge in [0.15, 0.2) is 0 Å². The first-order valence-corrected chi connectivity index (χ1v) is 9.50. The summed E-state index contributed by atoms with van der Waals surface area (Å²) in [5, 5.41) is 2.76. The monoisotopic (exact) mass is 438 g/mol. The highest BCUT2D eigenvalue weighted by Crippen LogP contribution is 2.26. The summed E-state index contributed by atoms with van der Waals surface area (Å²) in [6.45, 7) is 0.536. The highest BCUT2D eigenvalue weighted by atomic mass is 79.9. The summed E-state index contributed by atoms with van der Waals surface area (Å²) in [4.78, 5) is 23.7. The molecule has 142 valence electrons. The minimum atomic E-state index is -0.546. The van der Waals surface area contributed by atoms with Gasteiger partial charge in [0.25, 0.3) is 5.91 Å². The van der Waals surface area contributed by atoms with E-state index in [1.165, 1.54) is 11.6 Å². The first-order valence-electron chi connectivity index (χ1n) is 8.70. The van der Waals surface area contributed by atoms with E-state index in [1.807, 2.05) is 18.2 Å². The van der Waals surface area contributed by atoms with Gasteiger partial charge < -0.3 is 15.8 Å². The van der Waals surface area contributed by atoms with Crippen molar-refractivity contribution in [1.82, 2.24) is 0 Å². The molecule has 0 aliphatic carbocycles. The normalized spacial score (nSPS) is 10.3. The van der Waals surface area contributed by atoms with Crippen LogP contribution in [0.4, 0.5) is 5.69 Å². The van der Waals surface area contributed by atoms with Crippen LogP contribution in [0.1, 0.15) is 26.3 Å². The molecule has 0 spiro atoms. The molecule has 0 bridgehead atoms. The number of hydrogen-bond acceptors (Lipinski definition) is 3. The number of primary amides is 1. The number of ether oxygens (including phenoxy) is 1. The lowest BCUT2D eigenvalue weighted by Gasteiger charge is -2.11. The fraction of sp³-hybridized carbons (Fsp3) is 0.0909. The number of amides is 2. The lowest BCUT2D eigenvalue weighted by molar-refractivity contribution is 0.0996. The van der Waals surface area contributed by atoms with E-state index in [2.05, 4.69) is 33.4 Å². The van der Waals surface area contributed by atoms with E-state index in [0.717, 1.165) is 6.42 Å². The Balaban J connectivity index is 1.62. The summed E-state index contributed by atoms with van der Waals surface area (Å²) < 4.78 is 6.50. The third-order valence-corrected chi connectivity index (χ3v) is 4.71. The van der Waals surface area contributed by atoms with Crippen molar-refractivity contribution in [2.75, 3.05) is 11.9 Å². The van der Waals surface area contributed by atoms with E-state index in [9.17, 15) is 9.59 Å². The van der Waals surface area contributed by atoms with E-state index in [-0.39, 0.29) is 5.91 Å². The van der Waals surface area contributed by atoms with Crippen LogP contribution in [0.5, 0.6) is 5.75 Å². The van der Waals surface area contributed by atoms with Crippen LogP contribution < -0.4 is 15.8 Å². The Morgan fingerprint density at radius 3 is 2.43 bits per heavy atom. The third kappa shape index (κ3) is 5.20. The van der Waals surface area contributed by atoms with Crippen LogP contribution in [0.3, 0.4) is 0 Å². The minimum Gasteiger partial charge on any atom is -0.492 e. The van der Waals surface area contributed by atoms with Gasteiger partial charge in [-0.2, -0.15) is 0 Å². The lowest BCUT2D eigenvalue weighted by atomic mass is 10.1. The van der Waals surface area contributed by atoms with Crippen LogP contribution in [0.2, 0.25) is 0 Å². The van der Waals surface area contributed by atoms with Crippen molar-refractivity contribution in [1.29, 1.82) is 0 Å². The molecule has 0 saturated carbocycles. The number of rotatable bonds is 7. The van der Waals surface area contributed by atoms with Crippen LogP contribution in [0, 0.1) is 0 Å². The van der Waals surface area contributed by atoms with Crippen molar-refractivity contribution in [2.45, 2.75) is 6.42 Å². The number of anilines is 1. The van der Waals surface area contributed by atoms with Crippen LogP contribution in [0.25, 0.3) is 0 Å². The largest absolute Gasteiger partial charge is 0.492 e. The topological polar surface area (TPSA) is 81.4 Å². The Bertz CT molecular complexity index is 990. The molecular weight excluding hydrogens is 420 g/mol. The SMILES string of the molecule is NC(=O)c1cccc(NC(=O)c2ccc(OCCc3ccccc3)c(Br)c2)c1. The second kappa shape index (κ2) is 9.19. The van der Waals surface area contributed by atoms with Gasteiger partial charge in [-0.15, -0.1) is 0 Å². The fourth-order valence-corrected chi connectivity index (χ4v) is 3.13. The predicted octanol–water partition coefficient (Wildman–Crippen LogP) is 4.42. The highest BCUT2D eigenvalue weighted by molar-refractivity contribution is 9.10. The van der Waals surface area contributed by atoms with Crippen molar-refractivity contribution in [3.05, 3.63) is 94.0 Å². The number of hydrogen-bond donors (Lipinski definition) is 2. The summed E-state index contributed by atoms with van der Waals surface area (Å²) in [6.07, 6.45) is 0.797. The molecule has 3 aromatic rings. The Kier molecular flexibility index (Phi) is 6.45. The maximum atomic E-state index is 12.5. The molecule has 0 heterocycles. The number of nitrogens with one attached hydrogen (secondary N) is 1. The zero-order valence-corrected chi connectivity index (χ0v) is 16.6. The summed E-state index contributed by atoms with van der Waals surface area (Å²) in [7, 11) is 0. The van der Waals surface area contributed by atoms with E-state index >= 15 is 0 Å². The molecule has 0 radical (unpaired) electrons. The van der Waals surface area contributed by atoms with Gasteiger partial charge in [-0.25, -0.2) is 0 Å². The third-order valence-electron chi connectivity index (χ3n) is 4.09. The molecule has 5 nitrogen and oxygen atoms in total. The predicted molar refractivity (Wildman–Crippen MR) is 113 cm³/mol. The average molecular weight is 439 g/mol. The first-order chi connectivity index (χ1) is 13.5. The van der Waals surface area contributed by atoms with Gasteiger partial charge in [0, 0.05) is 23.2 Å². The van der Waals surface area contributed by atoms with Crippen LogP contribution in [0.15, 0.2) is 77.3 Å². The Hall–Kier alpha value is -3.12. The molecule has 0 fully saturated rings. The Morgan fingerprint density at radius 1 is 0.929 bits per heavy atom. The number of halogens is 1. The number of benzene rings is 3. The second-order valence-corrected chi connectivity index (χ2v) is 6.98. The van der Waals surface area contributed by atoms with Gasteiger partial charge in [-0.3, -0.25) is 9.59 Å². The van der Waals surface area contributed by atoms with Gasteiger partial charge in [-0.05, 0) is 57.9 Å². The molecule has 0 aliphatic heterocycles. The van der Waals surface area contributed by atoms with Gasteiger partial charge in [0.2, 0.25) is 5.91 Å². The molecule has 3 N–H and O–H groups in total. The molecule has 0 unspecified atom stereocenters. The van der Waals surface area contributed by atoms with Crippen molar-refractivity contribution in [3.8, 4) is 5.75 Å². The molecule has 2 amide bonds. The zero-order chi connectivity index (χ0) is 19.9. The fourth-order valence-electron chi connectivity index (χ4n) is 2.64. The molecular formula is C22H19BrN2O3. The van der Waals surface area contributed by atoms with E-state index in [4.69, 9.17) is 10.5 Å². The Morgan fingerprint density at radius 2 is 1.71 bits per heavy atom. The van der Waals surface area contributed by atoms with Gasteiger partial charge >= 0.3 is 0 Å². The minimum absolute atomic E-state index is 0.293. The second-order valence-electron chi connectivity index (χ2n) is 6.13. The maximum absolute atomic E-state index is 12.5. The zero-order valence-electron chi connectivity index (χ0n) is 15.0. The molecule has 0 saturated heterocycles. The molecule has 0 atom stereocenters. The molecule has 0 aromatic heterocycles. The lowest BCUT2D eigenvalue weighted by Crippen LogP contribution is -2.14. The summed E-state index contributed by atoms with van der Waals surface area (Å²) in [5.74, 6) is -0.169. The molecule has 6 heteroatoms. The maximum Gasteiger partial charge on any atom is 0.255 e. The van der Waals surface area contributed by atoms with Crippen LogP contribution in [-0.4, -0.2) is 18.4 Å². The first kappa shape index (κ1) is 19.6. The summed E-state index contributed by atoms with van der Waals surface area (Å²) >= 11 is 3.45. The number of nitrogens with two attached hydrogens (primary N) is 1. The van der Waals surface area contributed by atoms with E-state index in [1.54, 1.807) is 36.4 Å². The average Bonchev–Trinajstić information content (AvgIpc) is 2.70. The smallest absolute Gasteiger partial charge is 0.255 e. The van der Waals surface area contributed by atoms with Crippen molar-refractivity contribution in [2.24, 2.45) is 5.73 Å². The van der Waals surface area contributed by atoms with Crippen molar-refractivity contribution in [3.63, 3.8) is 0 Å². The highest BCUT2D eigenvalue weighted by Gasteiger charge is 2.11. The van der Waals surface area contributed by atoms with Crippen LogP contribution in [-0.2, 0) is 6.42 Å². The van der Waals surface area contributed by atoms with Crippen molar-refractivity contribution < 1.29 is 14.3 Å². The Labute approximate surface area is 171 Å². The van der Waals surface area contributed by atoms with Crippen LogP contribution >= 0.6 is 15.9 Å². The summed E-state index contributed by atoms with van der Waals surface area (Å²) in [5.41, 5.74) is 7.77. The summed E-state index contributed by atoms with van der Waals surface area (Å²) in [6, 6.07) is 21.7. The van der Waals surface area contributed by atoms with Gasteiger partial charge in [0.1, 0.15) is 5.75 Å². The van der Waals surface area contributed by atoms with E-state index < -0.39 is 5.91 Å². The number of carbonyl (C=O) groups is 2. The standard InChI is InChI=1S/C22H19BrN2O3/c23-19-14-17(22(27)25-18-8-4-7-16(13-18)21(24)26)9-10-20(19)28-12-11-15-5-2-1-3-6-15/h1-10,13-14H,11-12H2,(H2,24,26)(H,25,27). The quantitative estimate of drug-likeness (QED) is 0.572. The van der Waals surface area contributed by atoms with Gasteiger partial charge in [0.05, 0.1) is 11.1 Å². The van der Waals surface area contributed by atoms with E-state index in [0.29, 0.717) is 33.6 Å². The molecule has 3 aromatic carbocycles.